The van der Waals surface area contributed by atoms with Gasteiger partial charge in [0.25, 0.3) is 0 Å². The molecule has 7 nitrogen and oxygen atoms in total. The van der Waals surface area contributed by atoms with Crippen molar-refractivity contribution in [2.45, 2.75) is 13.3 Å². The molecule has 0 radical (unpaired) electrons. The maximum atomic E-state index is 13.5. The van der Waals surface area contributed by atoms with Gasteiger partial charge in [0.15, 0.2) is 0 Å². The predicted octanol–water partition coefficient (Wildman–Crippen LogP) is 4.20. The van der Waals surface area contributed by atoms with Gasteiger partial charge in [-0.3, -0.25) is 4.68 Å². The van der Waals surface area contributed by atoms with Crippen LogP contribution in [0.4, 0.5) is 16.2 Å². The van der Waals surface area contributed by atoms with Crippen molar-refractivity contribution in [3.63, 3.8) is 0 Å². The Labute approximate surface area is 190 Å². The van der Waals surface area contributed by atoms with Crippen molar-refractivity contribution < 1.29 is 4.39 Å². The van der Waals surface area contributed by atoms with Crippen LogP contribution >= 0.6 is 11.6 Å². The third kappa shape index (κ3) is 4.10. The number of nitrogens with one attached hydrogen (secondary N) is 1. The first-order valence-electron chi connectivity index (χ1n) is 10.5. The molecular formula is C23H23ClFN7. The second-order valence-corrected chi connectivity index (χ2v) is 8.70. The van der Waals surface area contributed by atoms with E-state index in [1.807, 2.05) is 19.2 Å². The van der Waals surface area contributed by atoms with Crippen LogP contribution in [-0.4, -0.2) is 43.4 Å². The van der Waals surface area contributed by atoms with Crippen LogP contribution in [-0.2, 0) is 13.5 Å². The third-order valence-corrected chi connectivity index (χ3v) is 6.27. The van der Waals surface area contributed by atoms with Gasteiger partial charge >= 0.3 is 0 Å². The first-order valence-corrected chi connectivity index (χ1v) is 10.9. The van der Waals surface area contributed by atoms with E-state index in [-0.39, 0.29) is 10.8 Å². The summed E-state index contributed by atoms with van der Waals surface area (Å²) in [6.07, 6.45) is 6.47. The molecule has 0 saturated carbocycles. The molecule has 1 N–H and O–H groups in total. The summed E-state index contributed by atoms with van der Waals surface area (Å²) in [5.74, 6) is 2.64. The van der Waals surface area contributed by atoms with E-state index in [1.165, 1.54) is 6.07 Å². The molecule has 1 aromatic carbocycles. The standard InChI is InChI=1S/C23H23ClFN7/c1-14-12-32-13-20(19-5-7-26-23(29-19)30-21-6-8-27-31(21)2)28-22(32)11-16(14)9-15-3-4-18(25)17(24)10-15/h3-8,10-11,14,16H,9,12-13H2,1-2H3,(H,26,29,30)/t14-,16?/m1/s1. The number of halogens is 2. The summed E-state index contributed by atoms with van der Waals surface area (Å²) in [7, 11) is 1.86. The maximum Gasteiger partial charge on any atom is 0.228 e. The minimum Gasteiger partial charge on any atom is -0.351 e. The second-order valence-electron chi connectivity index (χ2n) is 8.29. The quantitative estimate of drug-likeness (QED) is 0.629. The summed E-state index contributed by atoms with van der Waals surface area (Å²) < 4.78 is 15.2. The van der Waals surface area contributed by atoms with Crippen LogP contribution < -0.4 is 5.32 Å². The summed E-state index contributed by atoms with van der Waals surface area (Å²) in [5.41, 5.74) is 2.75. The lowest BCUT2D eigenvalue weighted by Gasteiger charge is -2.33. The highest BCUT2D eigenvalue weighted by Gasteiger charge is 2.31. The van der Waals surface area contributed by atoms with Gasteiger partial charge in [0.2, 0.25) is 5.95 Å². The molecule has 32 heavy (non-hydrogen) atoms. The van der Waals surface area contributed by atoms with E-state index < -0.39 is 0 Å². The van der Waals surface area contributed by atoms with Crippen molar-refractivity contribution >= 4 is 29.1 Å². The number of anilines is 2. The number of aliphatic imine (C=N–C) groups is 1. The number of fused-ring (bicyclic) bond motifs is 1. The molecule has 0 aliphatic carbocycles. The molecule has 3 aromatic rings. The molecule has 2 aliphatic heterocycles. The van der Waals surface area contributed by atoms with Crippen molar-refractivity contribution in [3.05, 3.63) is 76.7 Å². The smallest absolute Gasteiger partial charge is 0.228 e. The summed E-state index contributed by atoms with van der Waals surface area (Å²) in [4.78, 5) is 16.1. The van der Waals surface area contributed by atoms with Crippen LogP contribution in [0.2, 0.25) is 5.02 Å². The van der Waals surface area contributed by atoms with Gasteiger partial charge in [-0.2, -0.15) is 5.10 Å². The topological polar surface area (TPSA) is 71.2 Å². The van der Waals surface area contributed by atoms with Gasteiger partial charge in [-0.1, -0.05) is 24.6 Å². The zero-order valence-electron chi connectivity index (χ0n) is 17.8. The molecule has 9 heteroatoms. The lowest BCUT2D eigenvalue weighted by Crippen LogP contribution is -2.35. The van der Waals surface area contributed by atoms with Crippen molar-refractivity contribution in [1.29, 1.82) is 0 Å². The maximum absolute atomic E-state index is 13.5. The third-order valence-electron chi connectivity index (χ3n) is 5.98. The molecule has 0 saturated heterocycles. The normalized spacial score (nSPS) is 20.1. The minimum absolute atomic E-state index is 0.167. The highest BCUT2D eigenvalue weighted by molar-refractivity contribution is 6.30. The highest BCUT2D eigenvalue weighted by Crippen LogP contribution is 2.32. The fourth-order valence-electron chi connectivity index (χ4n) is 4.17. The number of rotatable bonds is 5. The number of aromatic nitrogens is 4. The summed E-state index contributed by atoms with van der Waals surface area (Å²) in [5, 5.41) is 7.50. The molecular weight excluding hydrogens is 429 g/mol. The number of aryl methyl sites for hydroxylation is 1. The van der Waals surface area contributed by atoms with Crippen molar-refractivity contribution in [2.24, 2.45) is 23.9 Å². The number of hydrogen-bond acceptors (Lipinski definition) is 6. The Hall–Kier alpha value is -3.26. The van der Waals surface area contributed by atoms with Crippen molar-refractivity contribution in [3.8, 4) is 0 Å². The van der Waals surface area contributed by atoms with E-state index in [1.54, 1.807) is 29.2 Å². The summed E-state index contributed by atoms with van der Waals surface area (Å²) >= 11 is 5.97. The fourth-order valence-corrected chi connectivity index (χ4v) is 4.38. The van der Waals surface area contributed by atoms with Gasteiger partial charge in [0, 0.05) is 25.9 Å². The molecule has 0 spiro atoms. The Morgan fingerprint density at radius 2 is 2.09 bits per heavy atom. The molecule has 1 unspecified atom stereocenters. The molecule has 0 bridgehead atoms. The van der Waals surface area contributed by atoms with Gasteiger partial charge in [0.05, 0.1) is 29.2 Å². The van der Waals surface area contributed by atoms with Crippen LogP contribution in [0.1, 0.15) is 18.2 Å². The van der Waals surface area contributed by atoms with Gasteiger partial charge in [-0.05, 0) is 48.1 Å². The molecule has 0 amide bonds. The molecule has 5 rings (SSSR count). The van der Waals surface area contributed by atoms with Crippen LogP contribution in [0.5, 0.6) is 0 Å². The van der Waals surface area contributed by atoms with Gasteiger partial charge in [0.1, 0.15) is 17.5 Å². The van der Waals surface area contributed by atoms with Gasteiger partial charge in [-0.25, -0.2) is 19.4 Å². The average molecular weight is 452 g/mol. The van der Waals surface area contributed by atoms with Crippen LogP contribution in [0.15, 0.2) is 59.6 Å². The van der Waals surface area contributed by atoms with E-state index in [2.05, 4.69) is 38.3 Å². The first kappa shape index (κ1) is 20.6. The Morgan fingerprint density at radius 3 is 2.88 bits per heavy atom. The van der Waals surface area contributed by atoms with Crippen LogP contribution in [0.3, 0.4) is 0 Å². The number of hydrogen-bond donors (Lipinski definition) is 1. The number of allylic oxidation sites excluding steroid dienone is 1. The largest absolute Gasteiger partial charge is 0.351 e. The highest BCUT2D eigenvalue weighted by atomic mass is 35.5. The summed E-state index contributed by atoms with van der Waals surface area (Å²) in [6.45, 7) is 3.86. The van der Waals surface area contributed by atoms with E-state index in [0.717, 1.165) is 41.6 Å². The van der Waals surface area contributed by atoms with Gasteiger partial charge < -0.3 is 10.2 Å². The van der Waals surface area contributed by atoms with E-state index in [0.29, 0.717) is 24.3 Å². The zero-order valence-corrected chi connectivity index (χ0v) is 18.6. The lowest BCUT2D eigenvalue weighted by atomic mass is 9.85. The molecule has 0 fully saturated rings. The van der Waals surface area contributed by atoms with E-state index in [4.69, 9.17) is 16.6 Å². The Bertz CT molecular complexity index is 1220. The second kappa shape index (κ2) is 8.35. The minimum atomic E-state index is -0.385. The molecule has 2 aromatic heterocycles. The SMILES string of the molecule is C[C@@H]1CN2CC(c3ccnc(Nc4ccnn4C)n3)=NC2=CC1Cc1ccc(F)c(Cl)c1. The fraction of sp³-hybridized carbons (Fsp3) is 0.304. The molecule has 2 atom stereocenters. The number of benzene rings is 1. The average Bonchev–Trinajstić information content (AvgIpc) is 3.37. The van der Waals surface area contributed by atoms with E-state index in [9.17, 15) is 4.39 Å². The molecule has 2 aliphatic rings. The van der Waals surface area contributed by atoms with Crippen LogP contribution in [0.25, 0.3) is 0 Å². The van der Waals surface area contributed by atoms with Crippen LogP contribution in [0, 0.1) is 17.7 Å². The monoisotopic (exact) mass is 451 g/mol. The first-order chi connectivity index (χ1) is 15.5. The number of nitrogens with zero attached hydrogens (tertiary/aromatic N) is 6. The summed E-state index contributed by atoms with van der Waals surface area (Å²) in [6, 6.07) is 8.70. The predicted molar refractivity (Wildman–Crippen MR) is 122 cm³/mol. The zero-order chi connectivity index (χ0) is 22.2. The van der Waals surface area contributed by atoms with Gasteiger partial charge in [-0.15, -0.1) is 0 Å². The van der Waals surface area contributed by atoms with E-state index >= 15 is 0 Å². The molecule has 4 heterocycles. The van der Waals surface area contributed by atoms with Crippen molar-refractivity contribution in [1.82, 2.24) is 24.6 Å². The lowest BCUT2D eigenvalue weighted by molar-refractivity contribution is 0.259. The van der Waals surface area contributed by atoms with Crippen molar-refractivity contribution in [2.75, 3.05) is 18.4 Å². The Balaban J connectivity index is 1.35. The molecule has 164 valence electrons. The Kier molecular flexibility index (Phi) is 5.38. The Morgan fingerprint density at radius 1 is 1.22 bits per heavy atom.